The van der Waals surface area contributed by atoms with E-state index < -0.39 is 0 Å². The van der Waals surface area contributed by atoms with Crippen LogP contribution in [0.15, 0.2) is 27.2 Å². The summed E-state index contributed by atoms with van der Waals surface area (Å²) in [6.45, 7) is 0. The molecule has 0 unspecified atom stereocenters. The van der Waals surface area contributed by atoms with Crippen LogP contribution < -0.4 is 0 Å². The SMILES string of the molecule is N#CCCc1nc(-c2ccc(F)c(Br)c2)no1. The van der Waals surface area contributed by atoms with Crippen molar-refractivity contribution >= 4 is 15.9 Å². The third-order valence-electron chi connectivity index (χ3n) is 2.10. The predicted octanol–water partition coefficient (Wildman–Crippen LogP) is 3.09. The van der Waals surface area contributed by atoms with Gasteiger partial charge >= 0.3 is 0 Å². The van der Waals surface area contributed by atoms with Gasteiger partial charge in [-0.2, -0.15) is 10.2 Å². The molecule has 0 amide bonds. The molecule has 4 nitrogen and oxygen atoms in total. The van der Waals surface area contributed by atoms with Gasteiger partial charge in [0.25, 0.3) is 0 Å². The second-order valence-corrected chi connectivity index (χ2v) is 4.15. The topological polar surface area (TPSA) is 62.7 Å². The largest absolute Gasteiger partial charge is 0.339 e. The second kappa shape index (κ2) is 5.06. The molecule has 2 aromatic rings. The highest BCUT2D eigenvalue weighted by Crippen LogP contribution is 2.23. The molecule has 0 aliphatic rings. The summed E-state index contributed by atoms with van der Waals surface area (Å²) in [6, 6.07) is 6.47. The van der Waals surface area contributed by atoms with Crippen LogP contribution in [0.4, 0.5) is 4.39 Å². The molecule has 0 radical (unpaired) electrons. The Morgan fingerprint density at radius 1 is 1.47 bits per heavy atom. The zero-order valence-corrected chi connectivity index (χ0v) is 10.2. The Bertz CT molecular complexity index is 576. The molecule has 0 spiro atoms. The van der Waals surface area contributed by atoms with E-state index >= 15 is 0 Å². The maximum absolute atomic E-state index is 13.0. The first-order valence-corrected chi connectivity index (χ1v) is 5.65. The van der Waals surface area contributed by atoms with Gasteiger partial charge in [0, 0.05) is 18.4 Å². The van der Waals surface area contributed by atoms with Crippen molar-refractivity contribution in [2.45, 2.75) is 12.8 Å². The van der Waals surface area contributed by atoms with Gasteiger partial charge in [0.05, 0.1) is 10.5 Å². The molecular formula is C11H7BrFN3O. The van der Waals surface area contributed by atoms with E-state index in [1.807, 2.05) is 6.07 Å². The molecule has 0 aliphatic heterocycles. The van der Waals surface area contributed by atoms with Crippen molar-refractivity contribution in [3.05, 3.63) is 34.4 Å². The number of nitriles is 1. The molecular weight excluding hydrogens is 289 g/mol. The van der Waals surface area contributed by atoms with Crippen LogP contribution in [-0.4, -0.2) is 10.1 Å². The number of hydrogen-bond donors (Lipinski definition) is 0. The maximum atomic E-state index is 13.0. The minimum absolute atomic E-state index is 0.328. The van der Waals surface area contributed by atoms with E-state index in [1.54, 1.807) is 12.1 Å². The third kappa shape index (κ3) is 2.68. The van der Waals surface area contributed by atoms with Crippen molar-refractivity contribution in [2.75, 3.05) is 0 Å². The molecule has 1 aromatic heterocycles. The lowest BCUT2D eigenvalue weighted by Crippen LogP contribution is -1.85. The zero-order chi connectivity index (χ0) is 12.3. The van der Waals surface area contributed by atoms with Crippen LogP contribution in [0.3, 0.4) is 0 Å². The number of benzene rings is 1. The quantitative estimate of drug-likeness (QED) is 0.873. The van der Waals surface area contributed by atoms with Crippen molar-refractivity contribution in [3.63, 3.8) is 0 Å². The molecule has 1 heterocycles. The zero-order valence-electron chi connectivity index (χ0n) is 8.65. The molecule has 0 saturated heterocycles. The van der Waals surface area contributed by atoms with Gasteiger partial charge in [0.15, 0.2) is 0 Å². The Morgan fingerprint density at radius 3 is 3.00 bits per heavy atom. The average Bonchev–Trinajstić information content (AvgIpc) is 2.79. The second-order valence-electron chi connectivity index (χ2n) is 3.30. The molecule has 1 aromatic carbocycles. The monoisotopic (exact) mass is 295 g/mol. The van der Waals surface area contributed by atoms with Gasteiger partial charge in [-0.25, -0.2) is 4.39 Å². The summed E-state index contributed by atoms with van der Waals surface area (Å²) in [5.41, 5.74) is 0.658. The number of rotatable bonds is 3. The molecule has 6 heteroatoms. The maximum Gasteiger partial charge on any atom is 0.227 e. The van der Waals surface area contributed by atoms with Crippen LogP contribution in [0.25, 0.3) is 11.4 Å². The fraction of sp³-hybridized carbons (Fsp3) is 0.182. The number of aromatic nitrogens is 2. The Kier molecular flexibility index (Phi) is 3.49. The normalized spacial score (nSPS) is 10.2. The molecule has 17 heavy (non-hydrogen) atoms. The number of aryl methyl sites for hydroxylation is 1. The highest BCUT2D eigenvalue weighted by molar-refractivity contribution is 9.10. The number of hydrogen-bond acceptors (Lipinski definition) is 4. The van der Waals surface area contributed by atoms with Crippen molar-refractivity contribution in [3.8, 4) is 17.5 Å². The molecule has 0 atom stereocenters. The summed E-state index contributed by atoms with van der Waals surface area (Å²) in [7, 11) is 0. The molecule has 2 rings (SSSR count). The molecule has 0 aliphatic carbocycles. The Morgan fingerprint density at radius 2 is 2.29 bits per heavy atom. The van der Waals surface area contributed by atoms with Crippen LogP contribution in [0.1, 0.15) is 12.3 Å². The van der Waals surface area contributed by atoms with E-state index in [0.717, 1.165) is 0 Å². The van der Waals surface area contributed by atoms with Gasteiger partial charge in [0.2, 0.25) is 11.7 Å². The first kappa shape index (κ1) is 11.7. The standard InChI is InChI=1S/C11H7BrFN3O/c12-8-6-7(3-4-9(8)13)11-15-10(17-16-11)2-1-5-14/h3-4,6H,1-2H2. The van der Waals surface area contributed by atoms with Gasteiger partial charge in [-0.05, 0) is 34.1 Å². The summed E-state index contributed by atoms with van der Waals surface area (Å²) in [6.07, 6.45) is 0.751. The van der Waals surface area contributed by atoms with Crippen molar-refractivity contribution < 1.29 is 8.91 Å². The summed E-state index contributed by atoms with van der Waals surface area (Å²) in [5.74, 6) is 0.447. The average molecular weight is 296 g/mol. The van der Waals surface area contributed by atoms with E-state index in [1.165, 1.54) is 6.07 Å². The smallest absolute Gasteiger partial charge is 0.227 e. The highest BCUT2D eigenvalue weighted by Gasteiger charge is 2.10. The summed E-state index contributed by atoms with van der Waals surface area (Å²) >= 11 is 3.09. The fourth-order valence-electron chi connectivity index (χ4n) is 1.27. The lowest BCUT2D eigenvalue weighted by Gasteiger charge is -1.96. The summed E-state index contributed by atoms with van der Waals surface area (Å²) < 4.78 is 18.4. The number of halogens is 2. The molecule has 0 saturated carbocycles. The van der Waals surface area contributed by atoms with Crippen LogP contribution in [0, 0.1) is 17.1 Å². The van der Waals surface area contributed by atoms with Crippen molar-refractivity contribution in [2.24, 2.45) is 0 Å². The van der Waals surface area contributed by atoms with Gasteiger partial charge < -0.3 is 4.52 Å². The molecule has 0 bridgehead atoms. The summed E-state index contributed by atoms with van der Waals surface area (Å²) in [5, 5.41) is 12.2. The first-order valence-electron chi connectivity index (χ1n) is 4.85. The lowest BCUT2D eigenvalue weighted by atomic mass is 10.2. The van der Waals surface area contributed by atoms with E-state index in [0.29, 0.717) is 34.6 Å². The van der Waals surface area contributed by atoms with Gasteiger partial charge in [-0.3, -0.25) is 0 Å². The minimum atomic E-state index is -0.345. The van der Waals surface area contributed by atoms with Crippen molar-refractivity contribution in [1.82, 2.24) is 10.1 Å². The Hall–Kier alpha value is -1.74. The highest BCUT2D eigenvalue weighted by atomic mass is 79.9. The van der Waals surface area contributed by atoms with Crippen LogP contribution in [0.2, 0.25) is 0 Å². The Balaban J connectivity index is 2.25. The molecule has 86 valence electrons. The molecule has 0 N–H and O–H groups in total. The Labute approximate surface area is 105 Å². The lowest BCUT2D eigenvalue weighted by molar-refractivity contribution is 0.380. The molecule has 0 fully saturated rings. The van der Waals surface area contributed by atoms with E-state index in [9.17, 15) is 4.39 Å². The fourth-order valence-corrected chi connectivity index (χ4v) is 1.65. The number of nitrogens with zero attached hydrogens (tertiary/aromatic N) is 3. The van der Waals surface area contributed by atoms with Crippen LogP contribution >= 0.6 is 15.9 Å². The third-order valence-corrected chi connectivity index (χ3v) is 2.70. The van der Waals surface area contributed by atoms with Gasteiger partial charge in [-0.1, -0.05) is 5.16 Å². The predicted molar refractivity (Wildman–Crippen MR) is 61.3 cm³/mol. The van der Waals surface area contributed by atoms with Crippen LogP contribution in [-0.2, 0) is 6.42 Å². The van der Waals surface area contributed by atoms with Crippen LogP contribution in [0.5, 0.6) is 0 Å². The van der Waals surface area contributed by atoms with Gasteiger partial charge in [-0.15, -0.1) is 0 Å². The first-order chi connectivity index (χ1) is 8.20. The summed E-state index contributed by atoms with van der Waals surface area (Å²) in [4.78, 5) is 4.12. The minimum Gasteiger partial charge on any atom is -0.339 e. The van der Waals surface area contributed by atoms with Gasteiger partial charge in [0.1, 0.15) is 5.82 Å². The van der Waals surface area contributed by atoms with E-state index in [4.69, 9.17) is 9.78 Å². The van der Waals surface area contributed by atoms with E-state index in [2.05, 4.69) is 26.1 Å². The van der Waals surface area contributed by atoms with Crippen molar-refractivity contribution in [1.29, 1.82) is 5.26 Å². The van der Waals surface area contributed by atoms with E-state index in [-0.39, 0.29) is 5.82 Å².